The van der Waals surface area contributed by atoms with Crippen LogP contribution < -0.4 is 0 Å². The number of para-hydroxylation sites is 1. The minimum Gasteiger partial charge on any atom is -0.478 e. The van der Waals surface area contributed by atoms with Crippen molar-refractivity contribution >= 4 is 17.0 Å². The molecule has 3 rings (SSSR count). The molecule has 0 saturated carbocycles. The third kappa shape index (κ3) is 2.27. The van der Waals surface area contributed by atoms with E-state index in [1.54, 1.807) is 22.9 Å². The van der Waals surface area contributed by atoms with Crippen LogP contribution in [-0.2, 0) is 0 Å². The summed E-state index contributed by atoms with van der Waals surface area (Å²) >= 11 is 0. The van der Waals surface area contributed by atoms with Crippen LogP contribution in [0.2, 0.25) is 0 Å². The monoisotopic (exact) mass is 281 g/mol. The summed E-state index contributed by atoms with van der Waals surface area (Å²) in [5, 5.41) is 17.5. The zero-order chi connectivity index (χ0) is 15.0. The van der Waals surface area contributed by atoms with Gasteiger partial charge in [-0.25, -0.2) is 9.48 Å². The fraction of sp³-hybridized carbons (Fsp3) is 0.188. The first kappa shape index (κ1) is 13.3. The molecule has 0 unspecified atom stereocenters. The molecule has 1 N–H and O–H groups in total. The second kappa shape index (κ2) is 5.01. The van der Waals surface area contributed by atoms with Gasteiger partial charge in [0.1, 0.15) is 11.0 Å². The third-order valence-corrected chi connectivity index (χ3v) is 3.48. The molecule has 106 valence electrons. The highest BCUT2D eigenvalue weighted by atomic mass is 16.4. The summed E-state index contributed by atoms with van der Waals surface area (Å²) in [6, 6.07) is 12.9. The fourth-order valence-electron chi connectivity index (χ4n) is 2.34. The van der Waals surface area contributed by atoms with Gasteiger partial charge in [0.2, 0.25) is 0 Å². The first-order valence-electron chi connectivity index (χ1n) is 6.76. The van der Waals surface area contributed by atoms with Crippen molar-refractivity contribution in [1.29, 1.82) is 0 Å². The Labute approximate surface area is 121 Å². The maximum absolute atomic E-state index is 11.4. The zero-order valence-electron chi connectivity index (χ0n) is 11.8. The molecule has 2 aromatic carbocycles. The molecule has 0 aliphatic rings. The van der Waals surface area contributed by atoms with E-state index in [1.165, 1.54) is 5.56 Å². The number of carboxylic acids is 1. The average molecular weight is 281 g/mol. The SMILES string of the molecule is CC(C)c1cccc(-n2nnc3cccc(C(=O)O)c32)c1. The van der Waals surface area contributed by atoms with Gasteiger partial charge in [-0.15, -0.1) is 5.10 Å². The molecule has 1 heterocycles. The predicted molar refractivity (Wildman–Crippen MR) is 79.9 cm³/mol. The lowest BCUT2D eigenvalue weighted by Crippen LogP contribution is -2.04. The number of hydrogen-bond acceptors (Lipinski definition) is 3. The van der Waals surface area contributed by atoms with E-state index in [0.29, 0.717) is 17.0 Å². The molecule has 3 aromatic rings. The third-order valence-electron chi connectivity index (χ3n) is 3.48. The second-order valence-corrected chi connectivity index (χ2v) is 5.23. The summed E-state index contributed by atoms with van der Waals surface area (Å²) in [4.78, 5) is 11.4. The molecule has 0 aliphatic carbocycles. The molecule has 0 spiro atoms. The van der Waals surface area contributed by atoms with Crippen LogP contribution >= 0.6 is 0 Å². The van der Waals surface area contributed by atoms with Gasteiger partial charge in [-0.1, -0.05) is 37.3 Å². The molecular weight excluding hydrogens is 266 g/mol. The number of hydrogen-bond donors (Lipinski definition) is 1. The molecule has 0 aliphatic heterocycles. The molecule has 0 bridgehead atoms. The number of aromatic carboxylic acids is 1. The average Bonchev–Trinajstić information content (AvgIpc) is 2.91. The van der Waals surface area contributed by atoms with Crippen LogP contribution in [0.15, 0.2) is 42.5 Å². The van der Waals surface area contributed by atoms with Crippen LogP contribution in [0.5, 0.6) is 0 Å². The van der Waals surface area contributed by atoms with Crippen molar-refractivity contribution in [2.45, 2.75) is 19.8 Å². The Bertz CT molecular complexity index is 821. The Kier molecular flexibility index (Phi) is 3.17. The summed E-state index contributed by atoms with van der Waals surface area (Å²) in [7, 11) is 0. The van der Waals surface area contributed by atoms with E-state index < -0.39 is 5.97 Å². The van der Waals surface area contributed by atoms with Gasteiger partial charge in [0.15, 0.2) is 0 Å². The van der Waals surface area contributed by atoms with Gasteiger partial charge in [-0.3, -0.25) is 0 Å². The number of aromatic nitrogens is 3. The number of carboxylic acid groups (broad SMARTS) is 1. The molecule has 0 amide bonds. The standard InChI is InChI=1S/C16H15N3O2/c1-10(2)11-5-3-6-12(9-11)19-15-13(16(20)21)7-4-8-14(15)17-18-19/h3-10H,1-2H3,(H,20,21). The smallest absolute Gasteiger partial charge is 0.337 e. The molecule has 0 fully saturated rings. The Morgan fingerprint density at radius 2 is 1.95 bits per heavy atom. The van der Waals surface area contributed by atoms with E-state index in [1.807, 2.05) is 24.3 Å². The minimum atomic E-state index is -0.982. The van der Waals surface area contributed by atoms with Crippen LogP contribution in [0.25, 0.3) is 16.7 Å². The van der Waals surface area contributed by atoms with Crippen molar-refractivity contribution in [2.75, 3.05) is 0 Å². The quantitative estimate of drug-likeness (QED) is 0.800. The Hall–Kier alpha value is -2.69. The highest BCUT2D eigenvalue weighted by Gasteiger charge is 2.15. The number of nitrogens with zero attached hydrogens (tertiary/aromatic N) is 3. The zero-order valence-corrected chi connectivity index (χ0v) is 11.8. The van der Waals surface area contributed by atoms with Gasteiger partial charge in [0.25, 0.3) is 0 Å². The minimum absolute atomic E-state index is 0.201. The second-order valence-electron chi connectivity index (χ2n) is 5.23. The molecule has 0 radical (unpaired) electrons. The molecule has 5 heteroatoms. The van der Waals surface area contributed by atoms with Crippen LogP contribution in [0.3, 0.4) is 0 Å². The van der Waals surface area contributed by atoms with Gasteiger partial charge in [-0.05, 0) is 35.7 Å². The van der Waals surface area contributed by atoms with E-state index >= 15 is 0 Å². The van der Waals surface area contributed by atoms with E-state index in [9.17, 15) is 9.90 Å². The summed E-state index contributed by atoms with van der Waals surface area (Å²) in [6.07, 6.45) is 0. The Balaban J connectivity index is 2.26. The summed E-state index contributed by atoms with van der Waals surface area (Å²) in [5.74, 6) is -0.595. The highest BCUT2D eigenvalue weighted by Crippen LogP contribution is 2.23. The molecule has 0 saturated heterocycles. The lowest BCUT2D eigenvalue weighted by Gasteiger charge is -2.09. The van der Waals surface area contributed by atoms with Crippen LogP contribution in [0, 0.1) is 0 Å². The van der Waals surface area contributed by atoms with E-state index in [2.05, 4.69) is 24.2 Å². The normalized spacial score (nSPS) is 11.2. The number of rotatable bonds is 3. The Morgan fingerprint density at radius 3 is 2.67 bits per heavy atom. The van der Waals surface area contributed by atoms with Gasteiger partial charge in [-0.2, -0.15) is 0 Å². The Morgan fingerprint density at radius 1 is 1.19 bits per heavy atom. The maximum Gasteiger partial charge on any atom is 0.337 e. The maximum atomic E-state index is 11.4. The van der Waals surface area contributed by atoms with Crippen molar-refractivity contribution in [2.24, 2.45) is 0 Å². The van der Waals surface area contributed by atoms with Crippen molar-refractivity contribution in [3.8, 4) is 5.69 Å². The number of fused-ring (bicyclic) bond motifs is 1. The van der Waals surface area contributed by atoms with Crippen molar-refractivity contribution in [3.63, 3.8) is 0 Å². The first-order chi connectivity index (χ1) is 10.1. The van der Waals surface area contributed by atoms with Crippen molar-refractivity contribution in [1.82, 2.24) is 15.0 Å². The van der Waals surface area contributed by atoms with E-state index in [4.69, 9.17) is 0 Å². The molecule has 1 aromatic heterocycles. The fourth-order valence-corrected chi connectivity index (χ4v) is 2.34. The van der Waals surface area contributed by atoms with Gasteiger partial charge >= 0.3 is 5.97 Å². The van der Waals surface area contributed by atoms with Crippen molar-refractivity contribution in [3.05, 3.63) is 53.6 Å². The molecule has 21 heavy (non-hydrogen) atoms. The topological polar surface area (TPSA) is 68.0 Å². The molecule has 0 atom stereocenters. The lowest BCUT2D eigenvalue weighted by molar-refractivity contribution is 0.0698. The first-order valence-corrected chi connectivity index (χ1v) is 6.76. The van der Waals surface area contributed by atoms with Crippen LogP contribution in [0.4, 0.5) is 0 Å². The van der Waals surface area contributed by atoms with Crippen LogP contribution in [-0.4, -0.2) is 26.1 Å². The summed E-state index contributed by atoms with van der Waals surface area (Å²) in [5.41, 5.74) is 3.28. The molecule has 5 nitrogen and oxygen atoms in total. The lowest BCUT2D eigenvalue weighted by atomic mass is 10.0. The summed E-state index contributed by atoms with van der Waals surface area (Å²) in [6.45, 7) is 4.22. The van der Waals surface area contributed by atoms with Crippen LogP contribution in [0.1, 0.15) is 35.7 Å². The number of carbonyl (C=O) groups is 1. The summed E-state index contributed by atoms with van der Waals surface area (Å²) < 4.78 is 1.59. The number of benzene rings is 2. The van der Waals surface area contributed by atoms with E-state index in [0.717, 1.165) is 5.69 Å². The predicted octanol–water partition coefficient (Wildman–Crippen LogP) is 3.24. The van der Waals surface area contributed by atoms with Crippen molar-refractivity contribution < 1.29 is 9.90 Å². The molecular formula is C16H15N3O2. The van der Waals surface area contributed by atoms with Gasteiger partial charge in [0.05, 0.1) is 11.3 Å². The van der Waals surface area contributed by atoms with E-state index in [-0.39, 0.29) is 5.56 Å². The van der Waals surface area contributed by atoms with Gasteiger partial charge < -0.3 is 5.11 Å². The van der Waals surface area contributed by atoms with Gasteiger partial charge in [0, 0.05) is 0 Å². The highest BCUT2D eigenvalue weighted by molar-refractivity contribution is 6.01. The largest absolute Gasteiger partial charge is 0.478 e.